The molecule has 0 radical (unpaired) electrons. The van der Waals surface area contributed by atoms with Crippen LogP contribution < -0.4 is 10.1 Å². The van der Waals surface area contributed by atoms with E-state index in [0.717, 1.165) is 24.3 Å². The molecule has 0 spiro atoms. The molecule has 21 heavy (non-hydrogen) atoms. The van der Waals surface area contributed by atoms with E-state index in [1.165, 1.54) is 38.2 Å². The Morgan fingerprint density at radius 3 is 2.62 bits per heavy atom. The highest BCUT2D eigenvalue weighted by Crippen LogP contribution is 2.47. The van der Waals surface area contributed by atoms with Gasteiger partial charge in [-0.15, -0.1) is 0 Å². The zero-order valence-electron chi connectivity index (χ0n) is 13.5. The molecule has 1 aromatic carbocycles. The second-order valence-corrected chi connectivity index (χ2v) is 6.49. The molecule has 0 saturated heterocycles. The molecule has 2 rings (SSSR count). The Labute approximate surface area is 128 Å². The lowest BCUT2D eigenvalue weighted by molar-refractivity contribution is 0.142. The molecule has 0 heterocycles. The SMILES string of the molecule is CCCNC(c1cc(F)ccc1OC)C1(C)CCCCC1. The maximum absolute atomic E-state index is 13.8. The van der Waals surface area contributed by atoms with E-state index in [0.29, 0.717) is 0 Å². The van der Waals surface area contributed by atoms with Crippen LogP contribution in [0, 0.1) is 11.2 Å². The summed E-state index contributed by atoms with van der Waals surface area (Å²) in [6, 6.07) is 5.02. The number of ether oxygens (including phenoxy) is 1. The first kappa shape index (κ1) is 16.3. The van der Waals surface area contributed by atoms with E-state index in [-0.39, 0.29) is 17.3 Å². The fraction of sp³-hybridized carbons (Fsp3) is 0.667. The second kappa shape index (κ2) is 7.26. The summed E-state index contributed by atoms with van der Waals surface area (Å²) in [6.07, 6.45) is 7.29. The van der Waals surface area contributed by atoms with Crippen molar-refractivity contribution < 1.29 is 9.13 Å². The van der Waals surface area contributed by atoms with E-state index < -0.39 is 0 Å². The number of hydrogen-bond acceptors (Lipinski definition) is 2. The smallest absolute Gasteiger partial charge is 0.123 e. The molecule has 0 aromatic heterocycles. The Morgan fingerprint density at radius 1 is 1.29 bits per heavy atom. The fourth-order valence-electron chi connectivity index (χ4n) is 3.60. The summed E-state index contributed by atoms with van der Waals surface area (Å²) >= 11 is 0. The molecule has 1 saturated carbocycles. The van der Waals surface area contributed by atoms with Crippen LogP contribution >= 0.6 is 0 Å². The molecule has 1 aliphatic rings. The quantitative estimate of drug-likeness (QED) is 0.810. The Bertz CT molecular complexity index is 455. The number of nitrogens with one attached hydrogen (secondary N) is 1. The van der Waals surface area contributed by atoms with Crippen molar-refractivity contribution in [3.05, 3.63) is 29.6 Å². The Balaban J connectivity index is 2.37. The van der Waals surface area contributed by atoms with Gasteiger partial charge in [0.05, 0.1) is 7.11 Å². The number of methoxy groups -OCH3 is 1. The van der Waals surface area contributed by atoms with E-state index in [4.69, 9.17) is 4.74 Å². The van der Waals surface area contributed by atoms with Gasteiger partial charge >= 0.3 is 0 Å². The third kappa shape index (κ3) is 3.76. The van der Waals surface area contributed by atoms with E-state index in [2.05, 4.69) is 19.2 Å². The monoisotopic (exact) mass is 293 g/mol. The lowest BCUT2D eigenvalue weighted by Crippen LogP contribution is -2.38. The van der Waals surface area contributed by atoms with Gasteiger partial charge in [0.15, 0.2) is 0 Å². The summed E-state index contributed by atoms with van der Waals surface area (Å²) in [7, 11) is 1.66. The van der Waals surface area contributed by atoms with E-state index >= 15 is 0 Å². The van der Waals surface area contributed by atoms with Gasteiger partial charge in [-0.2, -0.15) is 0 Å². The van der Waals surface area contributed by atoms with Crippen molar-refractivity contribution >= 4 is 0 Å². The maximum Gasteiger partial charge on any atom is 0.123 e. The van der Waals surface area contributed by atoms with Gasteiger partial charge in [0.2, 0.25) is 0 Å². The largest absolute Gasteiger partial charge is 0.496 e. The van der Waals surface area contributed by atoms with Crippen molar-refractivity contribution in [3.63, 3.8) is 0 Å². The first-order valence-corrected chi connectivity index (χ1v) is 8.17. The highest BCUT2D eigenvalue weighted by Gasteiger charge is 2.37. The molecule has 118 valence electrons. The number of benzene rings is 1. The van der Waals surface area contributed by atoms with Gasteiger partial charge in [-0.3, -0.25) is 0 Å². The molecule has 1 aliphatic carbocycles. The third-order valence-electron chi connectivity index (χ3n) is 4.79. The van der Waals surface area contributed by atoms with Gasteiger partial charge in [-0.25, -0.2) is 4.39 Å². The van der Waals surface area contributed by atoms with Crippen LogP contribution in [-0.2, 0) is 0 Å². The van der Waals surface area contributed by atoms with Crippen LogP contribution in [0.4, 0.5) is 4.39 Å². The summed E-state index contributed by atoms with van der Waals surface area (Å²) in [5, 5.41) is 3.65. The zero-order chi connectivity index (χ0) is 15.3. The topological polar surface area (TPSA) is 21.3 Å². The first-order chi connectivity index (χ1) is 10.1. The van der Waals surface area contributed by atoms with Crippen molar-refractivity contribution in [3.8, 4) is 5.75 Å². The molecule has 0 aliphatic heterocycles. The number of rotatable bonds is 6. The van der Waals surface area contributed by atoms with Crippen molar-refractivity contribution in [2.45, 2.75) is 58.4 Å². The molecule has 1 fully saturated rings. The number of halogens is 1. The first-order valence-electron chi connectivity index (χ1n) is 8.17. The standard InChI is InChI=1S/C18H28FNO/c1-4-12-20-17(18(2)10-6-5-7-11-18)15-13-14(19)8-9-16(15)21-3/h8-9,13,17,20H,4-7,10-12H2,1-3H3. The van der Waals surface area contributed by atoms with Crippen molar-refractivity contribution in [2.75, 3.05) is 13.7 Å². The van der Waals surface area contributed by atoms with Crippen molar-refractivity contribution in [2.24, 2.45) is 5.41 Å². The normalized spacial score (nSPS) is 19.2. The van der Waals surface area contributed by atoms with E-state index in [1.807, 2.05) is 0 Å². The molecule has 1 unspecified atom stereocenters. The molecule has 1 N–H and O–H groups in total. The minimum atomic E-state index is -0.187. The molecular weight excluding hydrogens is 265 g/mol. The van der Waals surface area contributed by atoms with Gasteiger partial charge in [0, 0.05) is 11.6 Å². The summed E-state index contributed by atoms with van der Waals surface area (Å²) in [5.74, 6) is 0.602. The van der Waals surface area contributed by atoms with E-state index in [9.17, 15) is 4.39 Å². The zero-order valence-corrected chi connectivity index (χ0v) is 13.5. The maximum atomic E-state index is 13.8. The average Bonchev–Trinajstić information content (AvgIpc) is 2.48. The Hall–Kier alpha value is -1.09. The number of hydrogen-bond donors (Lipinski definition) is 1. The minimum Gasteiger partial charge on any atom is -0.496 e. The Kier molecular flexibility index (Phi) is 5.63. The van der Waals surface area contributed by atoms with Crippen LogP contribution in [-0.4, -0.2) is 13.7 Å². The molecule has 3 heteroatoms. The van der Waals surface area contributed by atoms with Crippen LogP contribution in [0.5, 0.6) is 5.75 Å². The summed E-state index contributed by atoms with van der Waals surface area (Å²) < 4.78 is 19.3. The van der Waals surface area contributed by atoms with Gasteiger partial charge in [-0.1, -0.05) is 33.1 Å². The molecule has 1 atom stereocenters. The summed E-state index contributed by atoms with van der Waals surface area (Å²) in [5.41, 5.74) is 1.14. The van der Waals surface area contributed by atoms with Gasteiger partial charge in [0.1, 0.15) is 11.6 Å². The van der Waals surface area contributed by atoms with Crippen LogP contribution in [0.2, 0.25) is 0 Å². The van der Waals surface area contributed by atoms with Crippen molar-refractivity contribution in [1.29, 1.82) is 0 Å². The van der Waals surface area contributed by atoms with E-state index in [1.54, 1.807) is 19.2 Å². The fourth-order valence-corrected chi connectivity index (χ4v) is 3.60. The van der Waals surface area contributed by atoms with Crippen LogP contribution in [0.15, 0.2) is 18.2 Å². The predicted octanol–water partition coefficient (Wildman–Crippen LogP) is 4.85. The lowest BCUT2D eigenvalue weighted by atomic mass is 9.68. The molecule has 0 amide bonds. The molecule has 0 bridgehead atoms. The Morgan fingerprint density at radius 2 is 2.00 bits per heavy atom. The van der Waals surface area contributed by atoms with Gasteiger partial charge in [0.25, 0.3) is 0 Å². The van der Waals surface area contributed by atoms with Crippen LogP contribution in [0.25, 0.3) is 0 Å². The van der Waals surface area contributed by atoms with Gasteiger partial charge in [-0.05, 0) is 49.4 Å². The third-order valence-corrected chi connectivity index (χ3v) is 4.79. The van der Waals surface area contributed by atoms with Crippen molar-refractivity contribution in [1.82, 2.24) is 5.32 Å². The summed E-state index contributed by atoms with van der Waals surface area (Å²) in [6.45, 7) is 5.44. The minimum absolute atomic E-state index is 0.156. The average molecular weight is 293 g/mol. The van der Waals surface area contributed by atoms with Gasteiger partial charge < -0.3 is 10.1 Å². The summed E-state index contributed by atoms with van der Waals surface area (Å²) in [4.78, 5) is 0. The second-order valence-electron chi connectivity index (χ2n) is 6.49. The lowest BCUT2D eigenvalue weighted by Gasteiger charge is -2.42. The van der Waals surface area contributed by atoms with Crippen LogP contribution in [0.3, 0.4) is 0 Å². The highest BCUT2D eigenvalue weighted by molar-refractivity contribution is 5.37. The highest BCUT2D eigenvalue weighted by atomic mass is 19.1. The molecule has 1 aromatic rings. The molecular formula is C18H28FNO. The predicted molar refractivity (Wildman–Crippen MR) is 85.2 cm³/mol. The van der Waals surface area contributed by atoms with Crippen LogP contribution in [0.1, 0.15) is 64.0 Å². The molecule has 2 nitrogen and oxygen atoms in total.